The van der Waals surface area contributed by atoms with Crippen molar-refractivity contribution in [2.24, 2.45) is 0 Å². The third-order valence-electron chi connectivity index (χ3n) is 1.64. The molecule has 0 unspecified atom stereocenters. The van der Waals surface area contributed by atoms with Gasteiger partial charge in [0.15, 0.2) is 0 Å². The number of allylic oxidation sites excluding steroid dienone is 4. The first-order valence-corrected chi connectivity index (χ1v) is 5.24. The number of carbonyl (C=O) groups excluding carboxylic acids is 2. The predicted molar refractivity (Wildman–Crippen MR) is 54.0 cm³/mol. The van der Waals surface area contributed by atoms with Gasteiger partial charge in [0.2, 0.25) is 0 Å². The average Bonchev–Trinajstić information content (AvgIpc) is 2.34. The van der Waals surface area contributed by atoms with Gasteiger partial charge >= 0.3 is 44.2 Å². The molecular formula is C10H4F12O5Zn. The summed E-state index contributed by atoms with van der Waals surface area (Å²) in [6.45, 7) is 0. The second-order valence-corrected chi connectivity index (χ2v) is 3.74. The molecule has 18 heteroatoms. The van der Waals surface area contributed by atoms with Gasteiger partial charge in [-0.2, -0.15) is 52.7 Å². The van der Waals surface area contributed by atoms with Crippen LogP contribution in [0.1, 0.15) is 0 Å². The van der Waals surface area contributed by atoms with Crippen molar-refractivity contribution in [1.29, 1.82) is 0 Å². The number of ketones is 2. The number of alkyl halides is 12. The molecular weight excluding hydrogens is 493 g/mol. The second kappa shape index (κ2) is 11.2. The Morgan fingerprint density at radius 1 is 0.536 bits per heavy atom. The molecule has 0 saturated carbocycles. The molecule has 0 aliphatic rings. The van der Waals surface area contributed by atoms with Gasteiger partial charge in [0.05, 0.1) is 0 Å². The van der Waals surface area contributed by atoms with Crippen LogP contribution in [0, 0.1) is 0 Å². The SMILES string of the molecule is O.O=C(C=C([O-])C(F)(F)F)C(F)(F)F.O=C(C=C([O-])C(F)(F)F)C(F)(F)F.[Zn+2]. The summed E-state index contributed by atoms with van der Waals surface area (Å²) >= 11 is 0. The standard InChI is InChI=1S/2C5H2F6O2.H2O.Zn/c2*6-4(7,8)2(12)1-3(13)5(9,10)11;;/h2*1,12H;1H2;/q;;;+2/p-2. The van der Waals surface area contributed by atoms with Gasteiger partial charge < -0.3 is 15.7 Å². The molecule has 0 radical (unpaired) electrons. The molecule has 0 amide bonds. The molecule has 0 spiro atoms. The maximum absolute atomic E-state index is 11.3. The Morgan fingerprint density at radius 2 is 0.714 bits per heavy atom. The monoisotopic (exact) mass is 496 g/mol. The molecule has 0 bridgehead atoms. The summed E-state index contributed by atoms with van der Waals surface area (Å²) in [7, 11) is 0. The molecule has 2 N–H and O–H groups in total. The van der Waals surface area contributed by atoms with Crippen molar-refractivity contribution in [1.82, 2.24) is 0 Å². The summed E-state index contributed by atoms with van der Waals surface area (Å²) in [5.41, 5.74) is 0. The minimum absolute atomic E-state index is 0. The third-order valence-corrected chi connectivity index (χ3v) is 1.64. The van der Waals surface area contributed by atoms with Crippen LogP contribution in [-0.4, -0.2) is 41.7 Å². The van der Waals surface area contributed by atoms with E-state index in [0.717, 1.165) is 0 Å². The van der Waals surface area contributed by atoms with Crippen molar-refractivity contribution in [2.45, 2.75) is 24.7 Å². The van der Waals surface area contributed by atoms with Crippen LogP contribution in [-0.2, 0) is 29.1 Å². The van der Waals surface area contributed by atoms with E-state index in [9.17, 15) is 72.5 Å². The minimum Gasteiger partial charge on any atom is -0.869 e. The van der Waals surface area contributed by atoms with Crippen LogP contribution in [0.5, 0.6) is 0 Å². The molecule has 0 aliphatic carbocycles. The van der Waals surface area contributed by atoms with Crippen LogP contribution in [0.15, 0.2) is 23.7 Å². The van der Waals surface area contributed by atoms with Crippen molar-refractivity contribution in [2.75, 3.05) is 0 Å². The summed E-state index contributed by atoms with van der Waals surface area (Å²) in [4.78, 5) is 19.6. The summed E-state index contributed by atoms with van der Waals surface area (Å²) in [6, 6.07) is 0. The van der Waals surface area contributed by atoms with Gasteiger partial charge in [0.25, 0.3) is 11.6 Å². The molecule has 0 saturated heterocycles. The van der Waals surface area contributed by atoms with E-state index in [1.165, 1.54) is 0 Å². The molecule has 28 heavy (non-hydrogen) atoms. The van der Waals surface area contributed by atoms with Crippen molar-refractivity contribution in [3.63, 3.8) is 0 Å². The fourth-order valence-electron chi connectivity index (χ4n) is 0.565. The molecule has 160 valence electrons. The first-order valence-electron chi connectivity index (χ1n) is 5.24. The Bertz CT molecular complexity index is 530. The molecule has 0 aromatic carbocycles. The number of carbonyl (C=O) groups is 2. The first-order chi connectivity index (χ1) is 11.1. The predicted octanol–water partition coefficient (Wildman–Crippen LogP) is 1.02. The third kappa shape index (κ3) is 14.2. The first kappa shape index (κ1) is 33.7. The Balaban J connectivity index is -0.000000192. The van der Waals surface area contributed by atoms with Crippen LogP contribution in [0.2, 0.25) is 0 Å². The van der Waals surface area contributed by atoms with Gasteiger partial charge in [0, 0.05) is 0 Å². The molecule has 0 aromatic rings. The zero-order valence-corrected chi connectivity index (χ0v) is 15.5. The van der Waals surface area contributed by atoms with Crippen molar-refractivity contribution in [3.05, 3.63) is 23.7 Å². The number of hydrogen-bond acceptors (Lipinski definition) is 4. The van der Waals surface area contributed by atoms with E-state index in [1.54, 1.807) is 0 Å². The smallest absolute Gasteiger partial charge is 0.869 e. The number of hydrogen-bond donors (Lipinski definition) is 0. The van der Waals surface area contributed by atoms with E-state index < -0.39 is 59.9 Å². The van der Waals surface area contributed by atoms with Gasteiger partial charge in [-0.15, -0.1) is 0 Å². The number of rotatable bonds is 2. The summed E-state index contributed by atoms with van der Waals surface area (Å²) in [5.74, 6) is -11.3. The van der Waals surface area contributed by atoms with Crippen LogP contribution in [0.4, 0.5) is 52.7 Å². The second-order valence-electron chi connectivity index (χ2n) is 3.74. The van der Waals surface area contributed by atoms with E-state index >= 15 is 0 Å². The fourth-order valence-corrected chi connectivity index (χ4v) is 0.565. The maximum atomic E-state index is 11.3. The van der Waals surface area contributed by atoms with Crippen molar-refractivity contribution in [3.8, 4) is 0 Å². The maximum Gasteiger partial charge on any atom is 2.00 e. The van der Waals surface area contributed by atoms with Gasteiger partial charge in [-0.05, 0) is 23.7 Å². The van der Waals surface area contributed by atoms with E-state index in [2.05, 4.69) is 0 Å². The Labute approximate surface area is 158 Å². The summed E-state index contributed by atoms with van der Waals surface area (Å²) < 4.78 is 136. The quantitative estimate of drug-likeness (QED) is 0.245. The largest absolute Gasteiger partial charge is 2.00 e. The van der Waals surface area contributed by atoms with Crippen LogP contribution in [0.25, 0.3) is 0 Å². The van der Waals surface area contributed by atoms with Gasteiger partial charge in [-0.1, -0.05) is 0 Å². The zero-order valence-electron chi connectivity index (χ0n) is 12.5. The molecule has 0 aromatic heterocycles. The van der Waals surface area contributed by atoms with E-state index in [1.807, 2.05) is 0 Å². The Morgan fingerprint density at radius 3 is 0.821 bits per heavy atom. The topological polar surface area (TPSA) is 112 Å². The molecule has 0 rings (SSSR count). The van der Waals surface area contributed by atoms with Crippen LogP contribution < -0.4 is 10.2 Å². The zero-order chi connectivity index (χ0) is 21.7. The van der Waals surface area contributed by atoms with Crippen LogP contribution in [0.3, 0.4) is 0 Å². The van der Waals surface area contributed by atoms with Gasteiger partial charge in [-0.3, -0.25) is 9.59 Å². The summed E-state index contributed by atoms with van der Waals surface area (Å²) in [5, 5.41) is 19.6. The summed E-state index contributed by atoms with van der Waals surface area (Å²) in [6.07, 6.45) is -23.9. The fraction of sp³-hybridized carbons (Fsp3) is 0.400. The van der Waals surface area contributed by atoms with Crippen molar-refractivity contribution < 1.29 is 97.4 Å². The van der Waals surface area contributed by atoms with E-state index in [4.69, 9.17) is 0 Å². The molecule has 0 fully saturated rings. The molecule has 0 heterocycles. The van der Waals surface area contributed by atoms with Crippen molar-refractivity contribution >= 4 is 11.6 Å². The van der Waals surface area contributed by atoms with E-state index in [0.29, 0.717) is 0 Å². The minimum atomic E-state index is -5.46. The van der Waals surface area contributed by atoms with Gasteiger partial charge in [-0.25, -0.2) is 0 Å². The molecule has 5 nitrogen and oxygen atoms in total. The van der Waals surface area contributed by atoms with E-state index in [-0.39, 0.29) is 25.0 Å². The van der Waals surface area contributed by atoms with Crippen LogP contribution >= 0.6 is 0 Å². The Hall–Kier alpha value is -1.84. The van der Waals surface area contributed by atoms with Gasteiger partial charge in [0.1, 0.15) is 0 Å². The molecule has 0 atom stereocenters. The average molecular weight is 498 g/mol. The normalized spacial score (nSPS) is 13.4. The Kier molecular flexibility index (Phi) is 13.5. The molecule has 0 aliphatic heterocycles. The number of halogens is 12.